The van der Waals surface area contributed by atoms with Crippen LogP contribution in [0.2, 0.25) is 0 Å². The van der Waals surface area contributed by atoms with Gasteiger partial charge in [0.05, 0.1) is 31.7 Å². The van der Waals surface area contributed by atoms with Crippen molar-refractivity contribution in [1.82, 2.24) is 10.2 Å². The van der Waals surface area contributed by atoms with Crippen LogP contribution in [0.4, 0.5) is 0 Å². The highest BCUT2D eigenvalue weighted by Crippen LogP contribution is 2.36. The first-order valence-electron chi connectivity index (χ1n) is 8.38. The van der Waals surface area contributed by atoms with E-state index < -0.39 is 0 Å². The summed E-state index contributed by atoms with van der Waals surface area (Å²) in [6, 6.07) is 3.90. The monoisotopic (exact) mass is 427 g/mol. The van der Waals surface area contributed by atoms with Gasteiger partial charge >= 0.3 is 5.97 Å². The van der Waals surface area contributed by atoms with Gasteiger partial charge in [0.2, 0.25) is 0 Å². The number of hydrogen-bond donors (Lipinski definition) is 1. The molecule has 1 heterocycles. The molecule has 8 heteroatoms. The molecular weight excluding hydrogens is 402 g/mol. The Morgan fingerprint density at radius 3 is 2.62 bits per heavy atom. The maximum Gasteiger partial charge on any atom is 0.310 e. The molecule has 0 saturated carbocycles. The smallest absolute Gasteiger partial charge is 0.310 e. The zero-order valence-electron chi connectivity index (χ0n) is 15.8. The van der Waals surface area contributed by atoms with Crippen LogP contribution in [0.5, 0.6) is 11.5 Å². The van der Waals surface area contributed by atoms with E-state index in [1.165, 1.54) is 7.11 Å². The first kappa shape index (κ1) is 20.4. The average Bonchev–Trinajstić information content (AvgIpc) is 3.02. The molecule has 0 amide bonds. The molecule has 0 aliphatic carbocycles. The summed E-state index contributed by atoms with van der Waals surface area (Å²) < 4.78 is 16.4. The maximum atomic E-state index is 11.9. The maximum absolute atomic E-state index is 11.9. The second-order valence-corrected chi connectivity index (χ2v) is 7.08. The van der Waals surface area contributed by atoms with E-state index in [9.17, 15) is 4.79 Å². The quantitative estimate of drug-likeness (QED) is 0.441. The number of methoxy groups -OCH3 is 3. The lowest BCUT2D eigenvalue weighted by molar-refractivity contribution is -0.145. The SMILES string of the molecule is CN=C(NCc1cc(Br)c(OC)c(OC)c1)N1CC(C)C(C(=O)OC)C1. The van der Waals surface area contributed by atoms with Crippen molar-refractivity contribution in [3.8, 4) is 11.5 Å². The minimum atomic E-state index is -0.167. The van der Waals surface area contributed by atoms with Gasteiger partial charge in [-0.15, -0.1) is 0 Å². The highest BCUT2D eigenvalue weighted by atomic mass is 79.9. The molecule has 0 bridgehead atoms. The summed E-state index contributed by atoms with van der Waals surface area (Å²) in [5.74, 6) is 2.00. The van der Waals surface area contributed by atoms with Gasteiger partial charge in [-0.05, 0) is 39.5 Å². The molecule has 1 N–H and O–H groups in total. The van der Waals surface area contributed by atoms with Crippen molar-refractivity contribution in [3.63, 3.8) is 0 Å². The van der Waals surface area contributed by atoms with Gasteiger partial charge in [0.25, 0.3) is 0 Å². The van der Waals surface area contributed by atoms with Crippen LogP contribution < -0.4 is 14.8 Å². The number of ether oxygens (including phenoxy) is 3. The standard InChI is InChI=1S/C18H26BrN3O4/c1-11-9-22(10-13(11)17(23)26-5)18(20-2)21-8-12-6-14(19)16(25-4)15(7-12)24-3/h6-7,11,13H,8-10H2,1-5H3,(H,20,21). The third-order valence-corrected chi connectivity index (χ3v) is 5.16. The third-order valence-electron chi connectivity index (χ3n) is 4.57. The number of carbonyl (C=O) groups is 1. The summed E-state index contributed by atoms with van der Waals surface area (Å²) >= 11 is 3.50. The number of nitrogens with one attached hydrogen (secondary N) is 1. The van der Waals surface area contributed by atoms with Crippen molar-refractivity contribution in [3.05, 3.63) is 22.2 Å². The number of benzene rings is 1. The van der Waals surface area contributed by atoms with E-state index in [-0.39, 0.29) is 17.8 Å². The molecule has 7 nitrogen and oxygen atoms in total. The van der Waals surface area contributed by atoms with E-state index in [0.717, 1.165) is 22.5 Å². The van der Waals surface area contributed by atoms with Gasteiger partial charge in [0.1, 0.15) is 0 Å². The molecule has 2 atom stereocenters. The zero-order chi connectivity index (χ0) is 19.3. The summed E-state index contributed by atoms with van der Waals surface area (Å²) in [5.41, 5.74) is 1.02. The van der Waals surface area contributed by atoms with Crippen LogP contribution in [0.15, 0.2) is 21.6 Å². The molecule has 2 rings (SSSR count). The Morgan fingerprint density at radius 1 is 1.31 bits per heavy atom. The highest BCUT2D eigenvalue weighted by Gasteiger charge is 2.36. The highest BCUT2D eigenvalue weighted by molar-refractivity contribution is 9.10. The van der Waals surface area contributed by atoms with Crippen molar-refractivity contribution in [2.45, 2.75) is 13.5 Å². The fraction of sp³-hybridized carbons (Fsp3) is 0.556. The Bertz CT molecular complexity index is 681. The molecule has 144 valence electrons. The summed E-state index contributed by atoms with van der Waals surface area (Å²) in [5, 5.41) is 3.35. The number of esters is 1. The average molecular weight is 428 g/mol. The minimum Gasteiger partial charge on any atom is -0.493 e. The van der Waals surface area contributed by atoms with Crippen LogP contribution in [-0.4, -0.2) is 58.3 Å². The van der Waals surface area contributed by atoms with Gasteiger partial charge in [-0.3, -0.25) is 9.79 Å². The molecule has 1 aromatic carbocycles. The fourth-order valence-corrected chi connectivity index (χ4v) is 3.84. The Balaban J connectivity index is 2.06. The van der Waals surface area contributed by atoms with Gasteiger partial charge in [-0.1, -0.05) is 6.92 Å². The predicted molar refractivity (Wildman–Crippen MR) is 104 cm³/mol. The second-order valence-electron chi connectivity index (χ2n) is 6.23. The topological polar surface area (TPSA) is 72.4 Å². The number of rotatable bonds is 5. The Morgan fingerprint density at radius 2 is 2.04 bits per heavy atom. The molecule has 1 aliphatic heterocycles. The van der Waals surface area contributed by atoms with Gasteiger partial charge < -0.3 is 24.4 Å². The number of halogens is 1. The van der Waals surface area contributed by atoms with Gasteiger partial charge in [-0.25, -0.2) is 0 Å². The van der Waals surface area contributed by atoms with Gasteiger partial charge in [0, 0.05) is 26.7 Å². The number of nitrogens with zero attached hydrogens (tertiary/aromatic N) is 2. The minimum absolute atomic E-state index is 0.131. The second kappa shape index (κ2) is 9.12. The summed E-state index contributed by atoms with van der Waals surface area (Å²) in [4.78, 5) is 18.3. The predicted octanol–water partition coefficient (Wildman–Crippen LogP) is 2.28. The van der Waals surface area contributed by atoms with Crippen molar-refractivity contribution in [2.24, 2.45) is 16.8 Å². The lowest BCUT2D eigenvalue weighted by Crippen LogP contribution is -2.40. The molecule has 0 aromatic heterocycles. The van der Waals surface area contributed by atoms with Crippen LogP contribution >= 0.6 is 15.9 Å². The first-order chi connectivity index (χ1) is 12.4. The molecule has 0 radical (unpaired) electrons. The van der Waals surface area contributed by atoms with Crippen molar-refractivity contribution < 1.29 is 19.0 Å². The Kier molecular flexibility index (Phi) is 7.14. The molecule has 1 aliphatic rings. The Labute approximate surface area is 162 Å². The third kappa shape index (κ3) is 4.41. The molecule has 0 spiro atoms. The van der Waals surface area contributed by atoms with E-state index in [1.807, 2.05) is 12.1 Å². The van der Waals surface area contributed by atoms with Crippen LogP contribution in [0.3, 0.4) is 0 Å². The summed E-state index contributed by atoms with van der Waals surface area (Å²) in [6.45, 7) is 3.98. The summed E-state index contributed by atoms with van der Waals surface area (Å²) in [6.07, 6.45) is 0. The number of likely N-dealkylation sites (tertiary alicyclic amines) is 1. The van der Waals surface area contributed by atoms with Crippen LogP contribution in [0, 0.1) is 11.8 Å². The number of aliphatic imine (C=N–C) groups is 1. The fourth-order valence-electron chi connectivity index (χ4n) is 3.18. The van der Waals surface area contributed by atoms with Crippen LogP contribution in [0.25, 0.3) is 0 Å². The number of hydrogen-bond acceptors (Lipinski definition) is 5. The lowest BCUT2D eigenvalue weighted by atomic mass is 9.99. The Hall–Kier alpha value is -1.96. The van der Waals surface area contributed by atoms with Crippen molar-refractivity contribution >= 4 is 27.9 Å². The van der Waals surface area contributed by atoms with E-state index in [0.29, 0.717) is 24.6 Å². The molecule has 1 aromatic rings. The molecule has 1 saturated heterocycles. The van der Waals surface area contributed by atoms with Crippen molar-refractivity contribution in [1.29, 1.82) is 0 Å². The van der Waals surface area contributed by atoms with Crippen molar-refractivity contribution in [2.75, 3.05) is 41.5 Å². The summed E-state index contributed by atoms with van der Waals surface area (Å²) in [7, 11) is 6.39. The van der Waals surface area contributed by atoms with E-state index in [1.54, 1.807) is 21.3 Å². The zero-order valence-corrected chi connectivity index (χ0v) is 17.4. The van der Waals surface area contributed by atoms with Crippen LogP contribution in [-0.2, 0) is 16.1 Å². The van der Waals surface area contributed by atoms with Gasteiger partial charge in [-0.2, -0.15) is 0 Å². The van der Waals surface area contributed by atoms with E-state index in [2.05, 4.69) is 38.1 Å². The number of guanidine groups is 1. The molecule has 2 unspecified atom stereocenters. The lowest BCUT2D eigenvalue weighted by Gasteiger charge is -2.22. The number of carbonyl (C=O) groups excluding carboxylic acids is 1. The van der Waals surface area contributed by atoms with Crippen LogP contribution in [0.1, 0.15) is 12.5 Å². The van der Waals surface area contributed by atoms with E-state index in [4.69, 9.17) is 14.2 Å². The molecular formula is C18H26BrN3O4. The van der Waals surface area contributed by atoms with E-state index >= 15 is 0 Å². The first-order valence-corrected chi connectivity index (χ1v) is 9.18. The van der Waals surface area contributed by atoms with Gasteiger partial charge in [0.15, 0.2) is 17.5 Å². The molecule has 26 heavy (non-hydrogen) atoms. The normalized spacial score (nSPS) is 20.1. The molecule has 1 fully saturated rings. The largest absolute Gasteiger partial charge is 0.493 e.